The summed E-state index contributed by atoms with van der Waals surface area (Å²) in [6, 6.07) is 4.19. The van der Waals surface area contributed by atoms with Crippen molar-refractivity contribution in [2.75, 3.05) is 0 Å². The molecule has 0 saturated heterocycles. The van der Waals surface area contributed by atoms with Crippen LogP contribution in [0.15, 0.2) is 6.07 Å². The molecule has 0 aliphatic heterocycles. The summed E-state index contributed by atoms with van der Waals surface area (Å²) in [4.78, 5) is 0. The first-order valence-electron chi connectivity index (χ1n) is 4.68. The van der Waals surface area contributed by atoms with Crippen LogP contribution in [0.3, 0.4) is 0 Å². The van der Waals surface area contributed by atoms with E-state index in [9.17, 15) is 5.11 Å². The zero-order valence-corrected chi connectivity index (χ0v) is 8.89. The predicted octanol–water partition coefficient (Wildman–Crippen LogP) is 2.17. The lowest BCUT2D eigenvalue weighted by atomic mass is 9.92. The van der Waals surface area contributed by atoms with Crippen molar-refractivity contribution in [3.8, 4) is 6.07 Å². The molecule has 0 aliphatic rings. The highest BCUT2D eigenvalue weighted by atomic mass is 16.3. The third-order valence-electron chi connectivity index (χ3n) is 2.70. The molecule has 0 radical (unpaired) electrons. The molecule has 0 aromatic heterocycles. The number of rotatable bonds is 2. The van der Waals surface area contributed by atoms with E-state index in [1.807, 2.05) is 26.8 Å². The Morgan fingerprint density at radius 1 is 1.21 bits per heavy atom. The highest BCUT2D eigenvalue weighted by Gasteiger charge is 2.09. The fraction of sp³-hybridized carbons (Fsp3) is 0.417. The molecule has 0 heterocycles. The van der Waals surface area contributed by atoms with Gasteiger partial charge in [-0.25, -0.2) is 0 Å². The van der Waals surface area contributed by atoms with Gasteiger partial charge in [0.15, 0.2) is 0 Å². The van der Waals surface area contributed by atoms with Gasteiger partial charge in [0.05, 0.1) is 19.1 Å². The van der Waals surface area contributed by atoms with Gasteiger partial charge in [-0.15, -0.1) is 0 Å². The third kappa shape index (κ3) is 1.78. The minimum atomic E-state index is 0.0520. The van der Waals surface area contributed by atoms with E-state index < -0.39 is 0 Å². The molecular formula is C12H15NO. The Balaban J connectivity index is 3.37. The largest absolute Gasteiger partial charge is 0.392 e. The molecule has 1 aromatic rings. The number of nitriles is 1. The molecule has 14 heavy (non-hydrogen) atoms. The van der Waals surface area contributed by atoms with E-state index in [4.69, 9.17) is 5.26 Å². The van der Waals surface area contributed by atoms with Crippen LogP contribution < -0.4 is 0 Å². The Kier molecular flexibility index (Phi) is 3.27. The maximum atomic E-state index is 9.20. The molecule has 2 heteroatoms. The lowest BCUT2D eigenvalue weighted by Crippen LogP contribution is -2.01. The lowest BCUT2D eigenvalue weighted by molar-refractivity contribution is 0.280. The number of aliphatic hydroxyl groups is 1. The van der Waals surface area contributed by atoms with E-state index in [0.717, 1.165) is 27.8 Å². The Labute approximate surface area is 84.8 Å². The SMILES string of the molecule is Cc1cc(C)c(CC#N)c(C)c1CO. The number of hydrogen-bond acceptors (Lipinski definition) is 2. The van der Waals surface area contributed by atoms with Crippen molar-refractivity contribution in [2.45, 2.75) is 33.8 Å². The van der Waals surface area contributed by atoms with Gasteiger partial charge >= 0.3 is 0 Å². The average molecular weight is 189 g/mol. The zero-order chi connectivity index (χ0) is 10.7. The van der Waals surface area contributed by atoms with Crippen LogP contribution >= 0.6 is 0 Å². The fourth-order valence-electron chi connectivity index (χ4n) is 1.87. The van der Waals surface area contributed by atoms with Crippen LogP contribution in [-0.4, -0.2) is 5.11 Å². The van der Waals surface area contributed by atoms with Crippen molar-refractivity contribution in [1.29, 1.82) is 5.26 Å². The summed E-state index contributed by atoms with van der Waals surface area (Å²) in [6.07, 6.45) is 0.422. The van der Waals surface area contributed by atoms with Crippen LogP contribution in [0.1, 0.15) is 27.8 Å². The summed E-state index contributed by atoms with van der Waals surface area (Å²) in [5.74, 6) is 0. The number of nitrogens with zero attached hydrogens (tertiary/aromatic N) is 1. The summed E-state index contributed by atoms with van der Waals surface area (Å²) >= 11 is 0. The Hall–Kier alpha value is -1.33. The quantitative estimate of drug-likeness (QED) is 0.774. The minimum Gasteiger partial charge on any atom is -0.392 e. The van der Waals surface area contributed by atoms with Gasteiger partial charge in [0.25, 0.3) is 0 Å². The maximum absolute atomic E-state index is 9.20. The van der Waals surface area contributed by atoms with Crippen LogP contribution in [0, 0.1) is 32.1 Å². The molecule has 0 bridgehead atoms. The molecule has 74 valence electrons. The van der Waals surface area contributed by atoms with Gasteiger partial charge in [-0.05, 0) is 48.6 Å². The number of aliphatic hydroxyl groups excluding tert-OH is 1. The molecule has 0 fully saturated rings. The van der Waals surface area contributed by atoms with Crippen LogP contribution in [0.2, 0.25) is 0 Å². The van der Waals surface area contributed by atoms with Gasteiger partial charge in [0, 0.05) is 0 Å². The first-order valence-corrected chi connectivity index (χ1v) is 4.68. The molecule has 1 rings (SSSR count). The highest BCUT2D eigenvalue weighted by molar-refractivity contribution is 5.45. The summed E-state index contributed by atoms with van der Waals surface area (Å²) in [6.45, 7) is 6.02. The van der Waals surface area contributed by atoms with Crippen LogP contribution in [-0.2, 0) is 13.0 Å². The van der Waals surface area contributed by atoms with E-state index in [1.54, 1.807) is 0 Å². The molecule has 2 nitrogen and oxygen atoms in total. The average Bonchev–Trinajstić information content (AvgIpc) is 2.12. The van der Waals surface area contributed by atoms with E-state index in [1.165, 1.54) is 0 Å². The number of hydrogen-bond donors (Lipinski definition) is 1. The van der Waals surface area contributed by atoms with Crippen molar-refractivity contribution in [3.63, 3.8) is 0 Å². The second-order valence-corrected chi connectivity index (χ2v) is 3.59. The summed E-state index contributed by atoms with van der Waals surface area (Å²) in [7, 11) is 0. The number of benzene rings is 1. The number of aryl methyl sites for hydroxylation is 2. The molecule has 0 aliphatic carbocycles. The third-order valence-corrected chi connectivity index (χ3v) is 2.70. The van der Waals surface area contributed by atoms with E-state index in [0.29, 0.717) is 6.42 Å². The first kappa shape index (κ1) is 10.7. The van der Waals surface area contributed by atoms with Crippen LogP contribution in [0.25, 0.3) is 0 Å². The van der Waals surface area contributed by atoms with E-state index >= 15 is 0 Å². The molecular weight excluding hydrogens is 174 g/mol. The smallest absolute Gasteiger partial charge is 0.0687 e. The van der Waals surface area contributed by atoms with Crippen molar-refractivity contribution < 1.29 is 5.11 Å². The minimum absolute atomic E-state index is 0.0520. The standard InChI is InChI=1S/C12H15NO/c1-8-6-9(2)12(7-14)10(3)11(8)4-5-13/h6,14H,4,7H2,1-3H3. The van der Waals surface area contributed by atoms with Crippen molar-refractivity contribution >= 4 is 0 Å². The van der Waals surface area contributed by atoms with Gasteiger partial charge < -0.3 is 5.11 Å². The molecule has 0 unspecified atom stereocenters. The summed E-state index contributed by atoms with van der Waals surface area (Å²) in [5.41, 5.74) is 5.32. The summed E-state index contributed by atoms with van der Waals surface area (Å²) < 4.78 is 0. The highest BCUT2D eigenvalue weighted by Crippen LogP contribution is 2.22. The molecule has 0 amide bonds. The van der Waals surface area contributed by atoms with Crippen molar-refractivity contribution in [1.82, 2.24) is 0 Å². The van der Waals surface area contributed by atoms with Gasteiger partial charge in [0.2, 0.25) is 0 Å². The second kappa shape index (κ2) is 4.26. The van der Waals surface area contributed by atoms with Gasteiger partial charge in [0.1, 0.15) is 0 Å². The molecule has 0 atom stereocenters. The topological polar surface area (TPSA) is 44.0 Å². The monoisotopic (exact) mass is 189 g/mol. The van der Waals surface area contributed by atoms with Gasteiger partial charge in [-0.2, -0.15) is 5.26 Å². The van der Waals surface area contributed by atoms with Crippen LogP contribution in [0.4, 0.5) is 0 Å². The Morgan fingerprint density at radius 2 is 1.79 bits per heavy atom. The first-order chi connectivity index (χ1) is 6.61. The molecule has 0 spiro atoms. The maximum Gasteiger partial charge on any atom is 0.0687 e. The predicted molar refractivity (Wildman–Crippen MR) is 55.9 cm³/mol. The van der Waals surface area contributed by atoms with Gasteiger partial charge in [-0.1, -0.05) is 6.07 Å². The van der Waals surface area contributed by atoms with E-state index in [-0.39, 0.29) is 6.61 Å². The molecule has 1 aromatic carbocycles. The van der Waals surface area contributed by atoms with E-state index in [2.05, 4.69) is 6.07 Å². The van der Waals surface area contributed by atoms with Gasteiger partial charge in [-0.3, -0.25) is 0 Å². The fourth-order valence-corrected chi connectivity index (χ4v) is 1.87. The normalized spacial score (nSPS) is 9.93. The Bertz CT molecular complexity index is 388. The van der Waals surface area contributed by atoms with Crippen molar-refractivity contribution in [3.05, 3.63) is 33.9 Å². The molecule has 1 N–H and O–H groups in total. The summed E-state index contributed by atoms with van der Waals surface area (Å²) in [5, 5.41) is 17.9. The lowest BCUT2D eigenvalue weighted by Gasteiger charge is -2.13. The van der Waals surface area contributed by atoms with Crippen LogP contribution in [0.5, 0.6) is 0 Å². The molecule has 0 saturated carbocycles. The second-order valence-electron chi connectivity index (χ2n) is 3.59. The van der Waals surface area contributed by atoms with Crippen molar-refractivity contribution in [2.24, 2.45) is 0 Å². The zero-order valence-electron chi connectivity index (χ0n) is 8.89. The Morgan fingerprint density at radius 3 is 2.29 bits per heavy atom.